The largest absolute Gasteiger partial charge is 0.495 e. The van der Waals surface area contributed by atoms with Crippen molar-refractivity contribution in [2.24, 2.45) is 0 Å². The van der Waals surface area contributed by atoms with Gasteiger partial charge in [-0.05, 0) is 39.8 Å². The molecule has 1 atom stereocenters. The topological polar surface area (TPSA) is 76.4 Å². The molecule has 1 rings (SSSR count). The van der Waals surface area contributed by atoms with Crippen LogP contribution in [0.4, 0.5) is 11.4 Å². The van der Waals surface area contributed by atoms with E-state index < -0.39 is 0 Å². The van der Waals surface area contributed by atoms with E-state index in [1.165, 1.54) is 0 Å². The average Bonchev–Trinajstić information content (AvgIpc) is 2.29. The quantitative estimate of drug-likeness (QED) is 0.728. The number of benzene rings is 1. The van der Waals surface area contributed by atoms with Gasteiger partial charge in [-0.25, -0.2) is 0 Å². The number of amides is 1. The van der Waals surface area contributed by atoms with Crippen LogP contribution in [0.2, 0.25) is 0 Å². The highest BCUT2D eigenvalue weighted by atomic mass is 16.5. The van der Waals surface area contributed by atoms with Crippen LogP contribution in [0.5, 0.6) is 5.75 Å². The summed E-state index contributed by atoms with van der Waals surface area (Å²) in [6.07, 6.45) is 0. The summed E-state index contributed by atoms with van der Waals surface area (Å²) >= 11 is 0. The monoisotopic (exact) mass is 265 g/mol. The van der Waals surface area contributed by atoms with Crippen molar-refractivity contribution in [3.63, 3.8) is 0 Å². The molecule has 1 aromatic carbocycles. The van der Waals surface area contributed by atoms with Crippen LogP contribution in [-0.2, 0) is 4.79 Å². The Morgan fingerprint density at radius 3 is 2.53 bits per heavy atom. The molecule has 106 valence electrons. The third kappa shape index (κ3) is 4.35. The molecule has 0 saturated carbocycles. The minimum atomic E-state index is -0.381. The number of hydrogen-bond donors (Lipinski definition) is 3. The SMILES string of the molecule is COc1cccc(NC(C)C(=O)NC(C)(C)C)c1N. The van der Waals surface area contributed by atoms with Gasteiger partial charge in [-0.2, -0.15) is 0 Å². The molecule has 1 amide bonds. The number of nitrogen functional groups attached to an aromatic ring is 1. The predicted molar refractivity (Wildman–Crippen MR) is 78.4 cm³/mol. The molecule has 19 heavy (non-hydrogen) atoms. The molecule has 0 bridgehead atoms. The lowest BCUT2D eigenvalue weighted by molar-refractivity contribution is -0.122. The van der Waals surface area contributed by atoms with Crippen LogP contribution in [0.3, 0.4) is 0 Å². The highest BCUT2D eigenvalue weighted by Gasteiger charge is 2.19. The molecule has 0 heterocycles. The summed E-state index contributed by atoms with van der Waals surface area (Å²) < 4.78 is 5.14. The Labute approximate surface area is 114 Å². The van der Waals surface area contributed by atoms with Gasteiger partial charge >= 0.3 is 0 Å². The summed E-state index contributed by atoms with van der Waals surface area (Å²) in [5.74, 6) is 0.517. The molecule has 0 radical (unpaired) electrons. The molecule has 0 aliphatic heterocycles. The van der Waals surface area contributed by atoms with Crippen LogP contribution < -0.4 is 21.1 Å². The molecule has 1 unspecified atom stereocenters. The zero-order chi connectivity index (χ0) is 14.6. The summed E-state index contributed by atoms with van der Waals surface area (Å²) in [4.78, 5) is 12.0. The summed E-state index contributed by atoms with van der Waals surface area (Å²) in [5.41, 5.74) is 6.88. The molecule has 5 heteroatoms. The van der Waals surface area contributed by atoms with E-state index in [-0.39, 0.29) is 17.5 Å². The fourth-order valence-electron chi connectivity index (χ4n) is 1.62. The Morgan fingerprint density at radius 2 is 2.00 bits per heavy atom. The molecule has 0 aromatic heterocycles. The van der Waals surface area contributed by atoms with Gasteiger partial charge in [0, 0.05) is 5.54 Å². The second-order valence-corrected chi connectivity index (χ2v) is 5.53. The molecule has 0 aliphatic rings. The van der Waals surface area contributed by atoms with Gasteiger partial charge < -0.3 is 21.1 Å². The van der Waals surface area contributed by atoms with Crippen molar-refractivity contribution in [2.75, 3.05) is 18.2 Å². The number of carbonyl (C=O) groups excluding carboxylic acids is 1. The molecule has 0 fully saturated rings. The van der Waals surface area contributed by atoms with Crippen molar-refractivity contribution >= 4 is 17.3 Å². The number of nitrogens with one attached hydrogen (secondary N) is 2. The maximum Gasteiger partial charge on any atom is 0.242 e. The lowest BCUT2D eigenvalue weighted by Crippen LogP contribution is -2.47. The fourth-order valence-corrected chi connectivity index (χ4v) is 1.62. The Hall–Kier alpha value is -1.91. The summed E-state index contributed by atoms with van der Waals surface area (Å²) in [5, 5.41) is 6.00. The predicted octanol–water partition coefficient (Wildman–Crippen LogP) is 1.99. The van der Waals surface area contributed by atoms with Crippen LogP contribution in [0.25, 0.3) is 0 Å². The van der Waals surface area contributed by atoms with Gasteiger partial charge in [-0.3, -0.25) is 4.79 Å². The van der Waals surface area contributed by atoms with Gasteiger partial charge in [0.05, 0.1) is 18.5 Å². The first-order chi connectivity index (χ1) is 8.74. The Morgan fingerprint density at radius 1 is 1.37 bits per heavy atom. The number of carbonyl (C=O) groups is 1. The van der Waals surface area contributed by atoms with Crippen molar-refractivity contribution in [3.8, 4) is 5.75 Å². The normalized spacial score (nSPS) is 12.7. The minimum absolute atomic E-state index is 0.0743. The number of para-hydroxylation sites is 1. The van der Waals surface area contributed by atoms with Gasteiger partial charge in [0.15, 0.2) is 0 Å². The third-order valence-corrected chi connectivity index (χ3v) is 2.55. The minimum Gasteiger partial charge on any atom is -0.495 e. The first-order valence-corrected chi connectivity index (χ1v) is 6.25. The average molecular weight is 265 g/mol. The Balaban J connectivity index is 2.77. The number of methoxy groups -OCH3 is 1. The lowest BCUT2D eigenvalue weighted by Gasteiger charge is -2.24. The molecule has 1 aromatic rings. The fraction of sp³-hybridized carbons (Fsp3) is 0.500. The molecular formula is C14H23N3O2. The summed E-state index contributed by atoms with van der Waals surface area (Å²) in [6, 6.07) is 5.04. The van der Waals surface area contributed by atoms with Gasteiger partial charge in [-0.1, -0.05) is 6.07 Å². The third-order valence-electron chi connectivity index (χ3n) is 2.55. The van der Waals surface area contributed by atoms with Crippen molar-refractivity contribution in [2.45, 2.75) is 39.3 Å². The molecule has 5 nitrogen and oxygen atoms in total. The number of hydrogen-bond acceptors (Lipinski definition) is 4. The van der Waals surface area contributed by atoms with Crippen LogP contribution in [-0.4, -0.2) is 24.6 Å². The van der Waals surface area contributed by atoms with Crippen molar-refractivity contribution in [1.29, 1.82) is 0 Å². The van der Waals surface area contributed by atoms with Crippen molar-refractivity contribution in [3.05, 3.63) is 18.2 Å². The first-order valence-electron chi connectivity index (χ1n) is 6.25. The molecule has 0 spiro atoms. The molecular weight excluding hydrogens is 242 g/mol. The summed E-state index contributed by atoms with van der Waals surface area (Å²) in [6.45, 7) is 7.62. The Kier molecular flexibility index (Phi) is 4.64. The van der Waals surface area contributed by atoms with E-state index in [0.29, 0.717) is 17.1 Å². The summed E-state index contributed by atoms with van der Waals surface area (Å²) in [7, 11) is 1.56. The van der Waals surface area contributed by atoms with E-state index in [4.69, 9.17) is 10.5 Å². The molecule has 0 saturated heterocycles. The first kappa shape index (κ1) is 15.1. The van der Waals surface area contributed by atoms with E-state index in [1.54, 1.807) is 20.1 Å². The van der Waals surface area contributed by atoms with Crippen LogP contribution in [0.15, 0.2) is 18.2 Å². The second kappa shape index (κ2) is 5.82. The molecule has 0 aliphatic carbocycles. The van der Waals surface area contributed by atoms with Crippen LogP contribution in [0, 0.1) is 0 Å². The van der Waals surface area contributed by atoms with Gasteiger partial charge in [0.25, 0.3) is 0 Å². The van der Waals surface area contributed by atoms with Crippen molar-refractivity contribution in [1.82, 2.24) is 5.32 Å². The van der Waals surface area contributed by atoms with Crippen LogP contribution in [0.1, 0.15) is 27.7 Å². The van der Waals surface area contributed by atoms with E-state index >= 15 is 0 Å². The maximum atomic E-state index is 12.0. The number of anilines is 2. The van der Waals surface area contributed by atoms with E-state index in [1.807, 2.05) is 32.9 Å². The van der Waals surface area contributed by atoms with Gasteiger partial charge in [-0.15, -0.1) is 0 Å². The number of nitrogens with two attached hydrogens (primary N) is 1. The van der Waals surface area contributed by atoms with Crippen molar-refractivity contribution < 1.29 is 9.53 Å². The van der Waals surface area contributed by atoms with Gasteiger partial charge in [0.2, 0.25) is 5.91 Å². The Bertz CT molecular complexity index is 452. The molecule has 4 N–H and O–H groups in total. The highest BCUT2D eigenvalue weighted by Crippen LogP contribution is 2.29. The van der Waals surface area contributed by atoms with E-state index in [0.717, 1.165) is 0 Å². The standard InChI is InChI=1S/C14H23N3O2/c1-9(13(18)17-14(2,3)4)16-10-7-6-8-11(19-5)12(10)15/h6-9,16H,15H2,1-5H3,(H,17,18). The second-order valence-electron chi connectivity index (χ2n) is 5.53. The number of ether oxygens (including phenoxy) is 1. The number of rotatable bonds is 4. The zero-order valence-corrected chi connectivity index (χ0v) is 12.2. The van der Waals surface area contributed by atoms with Crippen LogP contribution >= 0.6 is 0 Å². The maximum absolute atomic E-state index is 12.0. The highest BCUT2D eigenvalue weighted by molar-refractivity contribution is 5.86. The van der Waals surface area contributed by atoms with E-state index in [9.17, 15) is 4.79 Å². The van der Waals surface area contributed by atoms with E-state index in [2.05, 4.69) is 10.6 Å². The van der Waals surface area contributed by atoms with Gasteiger partial charge in [0.1, 0.15) is 11.8 Å². The smallest absolute Gasteiger partial charge is 0.242 e. The lowest BCUT2D eigenvalue weighted by atomic mass is 10.1. The zero-order valence-electron chi connectivity index (χ0n) is 12.2.